The van der Waals surface area contributed by atoms with Gasteiger partial charge in [0.05, 0.1) is 27.7 Å². The van der Waals surface area contributed by atoms with Gasteiger partial charge in [-0.3, -0.25) is 13.8 Å². The number of phosphoric ester groups is 1. The number of unbranched alkanes of at least 4 members (excludes halogenated alkanes) is 13. The molecule has 0 aromatic rings. The highest BCUT2D eigenvalue weighted by molar-refractivity contribution is 7.47. The molecule has 0 radical (unpaired) electrons. The van der Waals surface area contributed by atoms with Crippen LogP contribution < -0.4 is 0 Å². The number of quaternary nitrogens is 1. The largest absolute Gasteiger partial charge is 0.472 e. The summed E-state index contributed by atoms with van der Waals surface area (Å²) in [5, 5.41) is 9.84. The number of ether oxygens (including phenoxy) is 1. The summed E-state index contributed by atoms with van der Waals surface area (Å²) in [6.07, 6.45) is 22.1. The van der Waals surface area contributed by atoms with Gasteiger partial charge in [0.15, 0.2) is 0 Å². The molecular weight excluding hydrogens is 493 g/mol. The Kier molecular flexibility index (Phi) is 22.7. The first-order chi connectivity index (χ1) is 17.6. The Morgan fingerprint density at radius 3 is 1.86 bits per heavy atom. The zero-order valence-corrected chi connectivity index (χ0v) is 25.1. The van der Waals surface area contributed by atoms with E-state index < -0.39 is 20.5 Å². The number of aliphatic hydroxyl groups excluding tert-OH is 1. The van der Waals surface area contributed by atoms with Crippen molar-refractivity contribution in [1.29, 1.82) is 0 Å². The third kappa shape index (κ3) is 28.1. The van der Waals surface area contributed by atoms with Gasteiger partial charge in [0.2, 0.25) is 0 Å². The summed E-state index contributed by atoms with van der Waals surface area (Å²) >= 11 is 0. The number of phosphoric acid groups is 1. The Hall–Kier alpha value is -0.760. The second-order valence-electron chi connectivity index (χ2n) is 11.0. The van der Waals surface area contributed by atoms with E-state index in [9.17, 15) is 19.4 Å². The van der Waals surface area contributed by atoms with E-state index in [1.165, 1.54) is 77.0 Å². The van der Waals surface area contributed by atoms with E-state index in [1.54, 1.807) is 0 Å². The second kappa shape index (κ2) is 23.2. The minimum atomic E-state index is -4.24. The van der Waals surface area contributed by atoms with Crippen LogP contribution in [0.2, 0.25) is 0 Å². The summed E-state index contributed by atoms with van der Waals surface area (Å²) in [5.41, 5.74) is 0. The van der Waals surface area contributed by atoms with Crippen LogP contribution in [-0.4, -0.2) is 74.1 Å². The SMILES string of the molecule is CCCCCCCC/C=C\CCCCCCCCCC(=O)OCC(O)COP(=O)(O)OCC[N+](C)(C)C. The molecule has 37 heavy (non-hydrogen) atoms. The van der Waals surface area contributed by atoms with Gasteiger partial charge >= 0.3 is 13.8 Å². The standard InChI is InChI=1S/C28H56NO7P/c1-5-6-7-8-9-10-11-12-13-14-15-16-17-18-19-20-21-22-28(31)34-25-27(30)26-36-37(32,33)35-24-23-29(2,3)4/h12-13,27,30H,5-11,14-26H2,1-4H3/p+1/b13-12-. The lowest BCUT2D eigenvalue weighted by Gasteiger charge is -2.24. The first-order valence-corrected chi connectivity index (χ1v) is 16.0. The normalized spacial score (nSPS) is 14.6. The zero-order chi connectivity index (χ0) is 27.8. The highest BCUT2D eigenvalue weighted by atomic mass is 31.2. The average molecular weight is 551 g/mol. The third-order valence-electron chi connectivity index (χ3n) is 6.03. The summed E-state index contributed by atoms with van der Waals surface area (Å²) in [6.45, 7) is 2.13. The Labute approximate surface area is 227 Å². The van der Waals surface area contributed by atoms with Crippen molar-refractivity contribution < 1.29 is 37.6 Å². The number of esters is 1. The first kappa shape index (κ1) is 36.2. The van der Waals surface area contributed by atoms with Crippen molar-refractivity contribution in [2.75, 3.05) is 47.5 Å². The van der Waals surface area contributed by atoms with E-state index in [2.05, 4.69) is 19.1 Å². The maximum atomic E-state index is 11.8. The van der Waals surface area contributed by atoms with Crippen molar-refractivity contribution >= 4 is 13.8 Å². The molecule has 0 heterocycles. The van der Waals surface area contributed by atoms with Gasteiger partial charge in [-0.15, -0.1) is 0 Å². The van der Waals surface area contributed by atoms with Gasteiger partial charge in [0.1, 0.15) is 25.9 Å². The fraction of sp³-hybridized carbons (Fsp3) is 0.893. The highest BCUT2D eigenvalue weighted by Gasteiger charge is 2.24. The Bertz CT molecular complexity index is 622. The molecule has 9 heteroatoms. The minimum absolute atomic E-state index is 0.0546. The maximum Gasteiger partial charge on any atom is 0.472 e. The van der Waals surface area contributed by atoms with Crippen molar-refractivity contribution in [3.63, 3.8) is 0 Å². The quantitative estimate of drug-likeness (QED) is 0.0414. The van der Waals surface area contributed by atoms with Gasteiger partial charge in [-0.25, -0.2) is 4.57 Å². The van der Waals surface area contributed by atoms with Crippen molar-refractivity contribution in [2.45, 2.75) is 116 Å². The molecule has 0 bridgehead atoms. The molecule has 0 spiro atoms. The Balaban J connectivity index is 3.54. The van der Waals surface area contributed by atoms with E-state index in [0.29, 0.717) is 17.4 Å². The highest BCUT2D eigenvalue weighted by Crippen LogP contribution is 2.43. The third-order valence-corrected chi connectivity index (χ3v) is 7.01. The molecule has 0 fully saturated rings. The molecule has 2 N–H and O–H groups in total. The molecular formula is C28H57NO7P+. The summed E-state index contributed by atoms with van der Waals surface area (Å²) in [5.74, 6) is -0.377. The van der Waals surface area contributed by atoms with Gasteiger partial charge in [-0.1, -0.05) is 83.3 Å². The van der Waals surface area contributed by atoms with Crippen LogP contribution in [0.4, 0.5) is 0 Å². The van der Waals surface area contributed by atoms with Crippen molar-refractivity contribution in [3.8, 4) is 0 Å². The van der Waals surface area contributed by atoms with Crippen LogP contribution >= 0.6 is 7.82 Å². The molecule has 8 nitrogen and oxygen atoms in total. The lowest BCUT2D eigenvalue weighted by molar-refractivity contribution is -0.870. The topological polar surface area (TPSA) is 102 Å². The summed E-state index contributed by atoms with van der Waals surface area (Å²) in [6, 6.07) is 0. The summed E-state index contributed by atoms with van der Waals surface area (Å²) in [7, 11) is 1.56. The van der Waals surface area contributed by atoms with Gasteiger partial charge in [0, 0.05) is 6.42 Å². The number of likely N-dealkylation sites (N-methyl/N-ethyl adjacent to an activating group) is 1. The zero-order valence-electron chi connectivity index (χ0n) is 24.2. The fourth-order valence-corrected chi connectivity index (χ4v) is 4.40. The monoisotopic (exact) mass is 550 g/mol. The van der Waals surface area contributed by atoms with E-state index in [-0.39, 0.29) is 19.2 Å². The number of carbonyl (C=O) groups is 1. The van der Waals surface area contributed by atoms with Gasteiger partial charge in [0.25, 0.3) is 0 Å². The van der Waals surface area contributed by atoms with Crippen LogP contribution in [0.1, 0.15) is 110 Å². The smallest absolute Gasteiger partial charge is 0.463 e. The van der Waals surface area contributed by atoms with Gasteiger partial charge in [-0.05, 0) is 32.1 Å². The van der Waals surface area contributed by atoms with Gasteiger partial charge in [-0.2, -0.15) is 0 Å². The molecule has 0 aliphatic rings. The lowest BCUT2D eigenvalue weighted by atomic mass is 10.1. The van der Waals surface area contributed by atoms with E-state index in [4.69, 9.17) is 13.8 Å². The van der Waals surface area contributed by atoms with Crippen LogP contribution in [0, 0.1) is 0 Å². The number of nitrogens with zero attached hydrogens (tertiary/aromatic N) is 1. The maximum absolute atomic E-state index is 11.8. The predicted molar refractivity (Wildman–Crippen MR) is 150 cm³/mol. The molecule has 0 aliphatic heterocycles. The molecule has 0 amide bonds. The Morgan fingerprint density at radius 2 is 1.32 bits per heavy atom. The molecule has 220 valence electrons. The van der Waals surface area contributed by atoms with Gasteiger partial charge < -0.3 is 19.2 Å². The van der Waals surface area contributed by atoms with Crippen molar-refractivity contribution in [2.24, 2.45) is 0 Å². The van der Waals surface area contributed by atoms with Crippen LogP contribution in [0.15, 0.2) is 12.2 Å². The molecule has 2 atom stereocenters. The summed E-state index contributed by atoms with van der Waals surface area (Å²) < 4.78 is 27.1. The minimum Gasteiger partial charge on any atom is -0.463 e. The molecule has 2 unspecified atom stereocenters. The van der Waals surface area contributed by atoms with E-state index >= 15 is 0 Å². The number of rotatable bonds is 26. The van der Waals surface area contributed by atoms with Crippen LogP contribution in [0.5, 0.6) is 0 Å². The van der Waals surface area contributed by atoms with E-state index in [1.807, 2.05) is 21.1 Å². The molecule has 0 aliphatic carbocycles. The molecule has 0 saturated heterocycles. The lowest BCUT2D eigenvalue weighted by Crippen LogP contribution is -2.37. The average Bonchev–Trinajstić information content (AvgIpc) is 2.82. The number of allylic oxidation sites excluding steroid dienone is 2. The molecule has 0 aromatic heterocycles. The first-order valence-electron chi connectivity index (χ1n) is 14.5. The number of hydrogen-bond acceptors (Lipinski definition) is 6. The number of aliphatic hydroxyl groups is 1. The van der Waals surface area contributed by atoms with Crippen LogP contribution in [0.3, 0.4) is 0 Å². The molecule has 0 rings (SSSR count). The second-order valence-corrected chi connectivity index (χ2v) is 12.4. The van der Waals surface area contributed by atoms with Crippen molar-refractivity contribution in [1.82, 2.24) is 0 Å². The number of carbonyl (C=O) groups excluding carboxylic acids is 1. The van der Waals surface area contributed by atoms with Crippen molar-refractivity contribution in [3.05, 3.63) is 12.2 Å². The van der Waals surface area contributed by atoms with Crippen LogP contribution in [-0.2, 0) is 23.1 Å². The Morgan fingerprint density at radius 1 is 0.811 bits per heavy atom. The number of hydrogen-bond donors (Lipinski definition) is 2. The van der Waals surface area contributed by atoms with Crippen LogP contribution in [0.25, 0.3) is 0 Å². The predicted octanol–water partition coefficient (Wildman–Crippen LogP) is 6.55. The van der Waals surface area contributed by atoms with E-state index in [0.717, 1.165) is 19.3 Å². The molecule has 0 saturated carbocycles. The molecule has 0 aromatic carbocycles. The fourth-order valence-electron chi connectivity index (χ4n) is 3.65. The summed E-state index contributed by atoms with van der Waals surface area (Å²) in [4.78, 5) is 21.5.